The smallest absolute Gasteiger partial charge is 0.255 e. The number of nitrogens with two attached hydrogens (primary N) is 1. The third kappa shape index (κ3) is 3.21. The molecule has 1 heterocycles. The lowest BCUT2D eigenvalue weighted by molar-refractivity contribution is 0.0748. The Morgan fingerprint density at radius 3 is 2.68 bits per heavy atom. The molecule has 122 valence electrons. The molecule has 0 radical (unpaired) electrons. The highest BCUT2D eigenvalue weighted by molar-refractivity contribution is 7.93. The fraction of sp³-hybridized carbons (Fsp3) is 0.500. The molecule has 8 heteroatoms. The number of benzene rings is 1. The first-order valence-corrected chi connectivity index (χ1v) is 9.04. The monoisotopic (exact) mass is 345 g/mol. The van der Waals surface area contributed by atoms with E-state index in [4.69, 9.17) is 17.3 Å². The number of nitrogens with zero attached hydrogens (tertiary/aromatic N) is 2. The molecule has 1 aliphatic rings. The maximum absolute atomic E-state index is 12.4. The van der Waals surface area contributed by atoms with Crippen LogP contribution in [-0.4, -0.2) is 51.2 Å². The van der Waals surface area contributed by atoms with Crippen molar-refractivity contribution in [2.45, 2.75) is 19.4 Å². The molecule has 1 aliphatic heterocycles. The van der Waals surface area contributed by atoms with Crippen molar-refractivity contribution >= 4 is 33.2 Å². The zero-order chi connectivity index (χ0) is 16.5. The van der Waals surface area contributed by atoms with Crippen LogP contribution >= 0.6 is 11.6 Å². The minimum absolute atomic E-state index is 0.109. The molecule has 0 unspecified atom stereocenters. The SMILES string of the molecule is C[C@@H](CN)N(C)C(=O)c1ccc(N2CCCS2(=O)=O)cc1Cl. The molecule has 1 amide bonds. The van der Waals surface area contributed by atoms with Gasteiger partial charge in [-0.1, -0.05) is 11.6 Å². The van der Waals surface area contributed by atoms with E-state index in [2.05, 4.69) is 0 Å². The van der Waals surface area contributed by atoms with Crippen molar-refractivity contribution in [3.05, 3.63) is 28.8 Å². The van der Waals surface area contributed by atoms with Crippen LogP contribution in [0.2, 0.25) is 5.02 Å². The average molecular weight is 346 g/mol. The molecule has 1 aromatic rings. The van der Waals surface area contributed by atoms with Gasteiger partial charge in [-0.05, 0) is 31.5 Å². The summed E-state index contributed by atoms with van der Waals surface area (Å²) in [5, 5.41) is 0.237. The first-order valence-electron chi connectivity index (χ1n) is 7.05. The first-order chi connectivity index (χ1) is 10.3. The van der Waals surface area contributed by atoms with Gasteiger partial charge in [0.15, 0.2) is 0 Å². The van der Waals surface area contributed by atoms with Crippen LogP contribution in [0, 0.1) is 0 Å². The summed E-state index contributed by atoms with van der Waals surface area (Å²) in [6.45, 7) is 2.64. The molecule has 2 rings (SSSR count). The van der Waals surface area contributed by atoms with Crippen molar-refractivity contribution in [3.63, 3.8) is 0 Å². The number of carbonyl (C=O) groups excluding carboxylic acids is 1. The number of likely N-dealkylation sites (N-methyl/N-ethyl adjacent to an activating group) is 1. The normalized spacial score (nSPS) is 18.3. The van der Waals surface area contributed by atoms with E-state index in [1.54, 1.807) is 19.2 Å². The Morgan fingerprint density at radius 2 is 2.18 bits per heavy atom. The minimum atomic E-state index is -3.26. The second-order valence-electron chi connectivity index (χ2n) is 5.41. The Balaban J connectivity index is 2.29. The van der Waals surface area contributed by atoms with Gasteiger partial charge in [0.05, 0.1) is 22.0 Å². The molecule has 0 saturated carbocycles. The Labute approximate surface area is 135 Å². The third-order valence-corrected chi connectivity index (χ3v) is 6.08. The predicted molar refractivity (Wildman–Crippen MR) is 87.8 cm³/mol. The van der Waals surface area contributed by atoms with Gasteiger partial charge in [-0.15, -0.1) is 0 Å². The largest absolute Gasteiger partial charge is 0.338 e. The highest BCUT2D eigenvalue weighted by Gasteiger charge is 2.29. The van der Waals surface area contributed by atoms with Crippen LogP contribution in [0.4, 0.5) is 5.69 Å². The van der Waals surface area contributed by atoms with E-state index in [1.165, 1.54) is 15.3 Å². The van der Waals surface area contributed by atoms with Gasteiger partial charge in [0.1, 0.15) is 0 Å². The molecule has 2 N–H and O–H groups in total. The second-order valence-corrected chi connectivity index (χ2v) is 7.83. The quantitative estimate of drug-likeness (QED) is 0.891. The number of anilines is 1. The van der Waals surface area contributed by atoms with E-state index in [9.17, 15) is 13.2 Å². The zero-order valence-corrected chi connectivity index (χ0v) is 14.2. The molecule has 0 bridgehead atoms. The predicted octanol–water partition coefficient (Wildman–Crippen LogP) is 1.30. The number of carbonyl (C=O) groups is 1. The maximum atomic E-state index is 12.4. The van der Waals surface area contributed by atoms with Crippen molar-refractivity contribution in [1.29, 1.82) is 0 Å². The molecule has 0 aromatic heterocycles. The second kappa shape index (κ2) is 6.44. The molecule has 6 nitrogen and oxygen atoms in total. The van der Waals surface area contributed by atoms with Crippen LogP contribution in [0.15, 0.2) is 18.2 Å². The van der Waals surface area contributed by atoms with Gasteiger partial charge in [-0.3, -0.25) is 9.10 Å². The van der Waals surface area contributed by atoms with Crippen molar-refractivity contribution in [1.82, 2.24) is 4.90 Å². The molecule has 1 aromatic carbocycles. The number of hydrogen-bond acceptors (Lipinski definition) is 4. The summed E-state index contributed by atoms with van der Waals surface area (Å²) in [5.41, 5.74) is 6.40. The number of hydrogen-bond donors (Lipinski definition) is 1. The fourth-order valence-corrected chi connectivity index (χ4v) is 4.12. The van der Waals surface area contributed by atoms with Gasteiger partial charge in [0, 0.05) is 26.2 Å². The molecular weight excluding hydrogens is 326 g/mol. The average Bonchev–Trinajstić information content (AvgIpc) is 2.84. The van der Waals surface area contributed by atoms with Crippen molar-refractivity contribution in [2.75, 3.05) is 30.2 Å². The fourth-order valence-electron chi connectivity index (χ4n) is 2.31. The molecule has 0 spiro atoms. The van der Waals surface area contributed by atoms with Crippen molar-refractivity contribution in [2.24, 2.45) is 5.73 Å². The summed E-state index contributed by atoms with van der Waals surface area (Å²) in [6.07, 6.45) is 0.595. The van der Waals surface area contributed by atoms with E-state index in [1.807, 2.05) is 6.92 Å². The van der Waals surface area contributed by atoms with Gasteiger partial charge in [-0.2, -0.15) is 0 Å². The highest BCUT2D eigenvalue weighted by Crippen LogP contribution is 2.29. The number of halogens is 1. The Hall–Kier alpha value is -1.31. The van der Waals surface area contributed by atoms with Crippen LogP contribution < -0.4 is 10.0 Å². The molecular formula is C14H20ClN3O3S. The lowest BCUT2D eigenvalue weighted by Gasteiger charge is -2.24. The Kier molecular flexibility index (Phi) is 4.99. The standard InChI is InChI=1S/C14H20ClN3O3S/c1-10(9-16)17(2)14(19)12-5-4-11(8-13(12)15)18-6-3-7-22(18,20)21/h4-5,8,10H,3,6-7,9,16H2,1-2H3/t10-/m0/s1. The number of rotatable bonds is 4. The Bertz CT molecular complexity index is 678. The van der Waals surface area contributed by atoms with Gasteiger partial charge in [0.2, 0.25) is 10.0 Å². The minimum Gasteiger partial charge on any atom is -0.338 e. The molecule has 22 heavy (non-hydrogen) atoms. The number of sulfonamides is 1. The molecule has 0 aliphatic carbocycles. The summed E-state index contributed by atoms with van der Waals surface area (Å²) >= 11 is 6.19. The van der Waals surface area contributed by atoms with Gasteiger partial charge in [-0.25, -0.2) is 8.42 Å². The summed E-state index contributed by atoms with van der Waals surface area (Å²) in [7, 11) is -1.60. The first kappa shape index (κ1) is 17.1. The third-order valence-electron chi connectivity index (χ3n) is 3.89. The molecule has 1 atom stereocenters. The summed E-state index contributed by atoms with van der Waals surface area (Å²) < 4.78 is 25.2. The van der Waals surface area contributed by atoms with Crippen LogP contribution in [0.3, 0.4) is 0 Å². The van der Waals surface area contributed by atoms with Crippen molar-refractivity contribution in [3.8, 4) is 0 Å². The summed E-state index contributed by atoms with van der Waals surface area (Å²) in [6, 6.07) is 4.59. The lowest BCUT2D eigenvalue weighted by Crippen LogP contribution is -2.39. The topological polar surface area (TPSA) is 83.7 Å². The van der Waals surface area contributed by atoms with Gasteiger partial charge >= 0.3 is 0 Å². The van der Waals surface area contributed by atoms with Crippen molar-refractivity contribution < 1.29 is 13.2 Å². The van der Waals surface area contributed by atoms with Crippen LogP contribution in [-0.2, 0) is 10.0 Å². The van der Waals surface area contributed by atoms with E-state index in [0.717, 1.165) is 0 Å². The summed E-state index contributed by atoms with van der Waals surface area (Å²) in [5.74, 6) is -0.0963. The number of amides is 1. The van der Waals surface area contributed by atoms with Crippen LogP contribution in [0.25, 0.3) is 0 Å². The van der Waals surface area contributed by atoms with E-state index in [-0.39, 0.29) is 22.7 Å². The van der Waals surface area contributed by atoms with Gasteiger partial charge in [0.25, 0.3) is 5.91 Å². The zero-order valence-electron chi connectivity index (χ0n) is 12.6. The van der Waals surface area contributed by atoms with Crippen LogP contribution in [0.5, 0.6) is 0 Å². The lowest BCUT2D eigenvalue weighted by atomic mass is 10.1. The van der Waals surface area contributed by atoms with Crippen LogP contribution in [0.1, 0.15) is 23.7 Å². The Morgan fingerprint density at radius 1 is 1.50 bits per heavy atom. The molecule has 1 fully saturated rings. The summed E-state index contributed by atoms with van der Waals surface area (Å²) in [4.78, 5) is 13.9. The molecule has 1 saturated heterocycles. The maximum Gasteiger partial charge on any atom is 0.255 e. The van der Waals surface area contributed by atoms with E-state index in [0.29, 0.717) is 30.8 Å². The van der Waals surface area contributed by atoms with Gasteiger partial charge < -0.3 is 10.6 Å². The highest BCUT2D eigenvalue weighted by atomic mass is 35.5. The van der Waals surface area contributed by atoms with E-state index >= 15 is 0 Å². The van der Waals surface area contributed by atoms with E-state index < -0.39 is 10.0 Å².